The molecule has 2 rings (SSSR count). The summed E-state index contributed by atoms with van der Waals surface area (Å²) in [4.78, 5) is 0. The molecule has 0 saturated carbocycles. The number of aryl methyl sites for hydroxylation is 2. The van der Waals surface area contributed by atoms with Gasteiger partial charge in [-0.15, -0.1) is 0 Å². The summed E-state index contributed by atoms with van der Waals surface area (Å²) < 4.78 is 5.86. The van der Waals surface area contributed by atoms with Gasteiger partial charge in [-0.3, -0.25) is 5.10 Å². The Bertz CT molecular complexity index is 548. The lowest BCUT2D eigenvalue weighted by Crippen LogP contribution is -2.14. The zero-order chi connectivity index (χ0) is 14.4. The van der Waals surface area contributed by atoms with Crippen LogP contribution in [0.5, 0.6) is 5.75 Å². The second-order valence-electron chi connectivity index (χ2n) is 4.84. The number of hydrogen-bond acceptors (Lipinski definition) is 3. The van der Waals surface area contributed by atoms with Gasteiger partial charge in [0.05, 0.1) is 0 Å². The summed E-state index contributed by atoms with van der Waals surface area (Å²) in [6.45, 7) is 8.56. The molecule has 108 valence electrons. The van der Waals surface area contributed by atoms with Crippen LogP contribution in [0.2, 0.25) is 0 Å². The first-order chi connectivity index (χ1) is 9.74. The van der Waals surface area contributed by atoms with E-state index in [2.05, 4.69) is 41.5 Å². The Kier molecular flexibility index (Phi) is 5.18. The third-order valence-electron chi connectivity index (χ3n) is 3.39. The van der Waals surface area contributed by atoms with Crippen LogP contribution < -0.4 is 10.1 Å². The van der Waals surface area contributed by atoms with Crippen LogP contribution in [0, 0.1) is 6.92 Å². The van der Waals surface area contributed by atoms with Crippen LogP contribution >= 0.6 is 0 Å². The number of nitrogens with zero attached hydrogens (tertiary/aromatic N) is 1. The molecule has 0 spiro atoms. The molecule has 0 radical (unpaired) electrons. The second-order valence-corrected chi connectivity index (χ2v) is 4.84. The van der Waals surface area contributed by atoms with Gasteiger partial charge in [-0.1, -0.05) is 26.0 Å². The number of aromatic nitrogens is 2. The summed E-state index contributed by atoms with van der Waals surface area (Å²) in [6, 6.07) is 8.22. The predicted octanol–water partition coefficient (Wildman–Crippen LogP) is 2.97. The molecule has 0 amide bonds. The zero-order valence-electron chi connectivity index (χ0n) is 12.5. The number of benzene rings is 1. The highest BCUT2D eigenvalue weighted by molar-refractivity contribution is 5.29. The third kappa shape index (κ3) is 3.61. The van der Waals surface area contributed by atoms with Crippen molar-refractivity contribution in [3.63, 3.8) is 0 Å². The van der Waals surface area contributed by atoms with Gasteiger partial charge < -0.3 is 10.1 Å². The van der Waals surface area contributed by atoms with Crippen molar-refractivity contribution in [2.24, 2.45) is 0 Å². The second kappa shape index (κ2) is 7.10. The molecule has 4 heteroatoms. The van der Waals surface area contributed by atoms with E-state index in [0.717, 1.165) is 36.6 Å². The lowest BCUT2D eigenvalue weighted by molar-refractivity contribution is 0.299. The van der Waals surface area contributed by atoms with Crippen LogP contribution in [-0.4, -0.2) is 16.7 Å². The maximum Gasteiger partial charge on any atom is 0.132 e. The molecule has 0 saturated heterocycles. The van der Waals surface area contributed by atoms with Crippen molar-refractivity contribution in [3.8, 4) is 5.75 Å². The average molecular weight is 273 g/mol. The van der Waals surface area contributed by atoms with Crippen LogP contribution in [0.15, 0.2) is 24.3 Å². The highest BCUT2D eigenvalue weighted by atomic mass is 16.5. The molecule has 2 N–H and O–H groups in total. The van der Waals surface area contributed by atoms with Gasteiger partial charge >= 0.3 is 0 Å². The molecule has 4 nitrogen and oxygen atoms in total. The van der Waals surface area contributed by atoms with Crippen LogP contribution in [0.4, 0.5) is 0 Å². The van der Waals surface area contributed by atoms with E-state index in [-0.39, 0.29) is 0 Å². The van der Waals surface area contributed by atoms with Gasteiger partial charge in [-0.2, -0.15) is 5.10 Å². The molecule has 2 aromatic rings. The first-order valence-electron chi connectivity index (χ1n) is 7.19. The summed E-state index contributed by atoms with van der Waals surface area (Å²) in [5, 5.41) is 10.7. The Morgan fingerprint density at radius 2 is 2.15 bits per heavy atom. The summed E-state index contributed by atoms with van der Waals surface area (Å²) in [7, 11) is 0. The van der Waals surface area contributed by atoms with Crippen molar-refractivity contribution in [1.82, 2.24) is 15.5 Å². The molecule has 0 aliphatic heterocycles. The molecule has 0 unspecified atom stereocenters. The predicted molar refractivity (Wildman–Crippen MR) is 80.9 cm³/mol. The van der Waals surface area contributed by atoms with Crippen LogP contribution in [0.1, 0.15) is 36.4 Å². The molecule has 1 aromatic carbocycles. The minimum atomic E-state index is 0.498. The fourth-order valence-corrected chi connectivity index (χ4v) is 2.11. The topological polar surface area (TPSA) is 49.9 Å². The van der Waals surface area contributed by atoms with E-state index in [1.54, 1.807) is 0 Å². The number of nitrogens with one attached hydrogen (secondary N) is 2. The Morgan fingerprint density at radius 1 is 1.30 bits per heavy atom. The van der Waals surface area contributed by atoms with Crippen molar-refractivity contribution >= 4 is 0 Å². The summed E-state index contributed by atoms with van der Waals surface area (Å²) in [6.07, 6.45) is 1.02. The molecule has 0 aliphatic carbocycles. The van der Waals surface area contributed by atoms with Gasteiger partial charge in [-0.25, -0.2) is 0 Å². The molecule has 1 heterocycles. The third-order valence-corrected chi connectivity index (χ3v) is 3.39. The van der Waals surface area contributed by atoms with E-state index in [9.17, 15) is 0 Å². The fourth-order valence-electron chi connectivity index (χ4n) is 2.11. The molecule has 0 atom stereocenters. The highest BCUT2D eigenvalue weighted by Gasteiger charge is 2.10. The zero-order valence-corrected chi connectivity index (χ0v) is 12.5. The van der Waals surface area contributed by atoms with Gasteiger partial charge in [0, 0.05) is 17.8 Å². The highest BCUT2D eigenvalue weighted by Crippen LogP contribution is 2.17. The summed E-state index contributed by atoms with van der Waals surface area (Å²) >= 11 is 0. The smallest absolute Gasteiger partial charge is 0.132 e. The maximum atomic E-state index is 5.86. The Labute approximate surface area is 120 Å². The average Bonchev–Trinajstić information content (AvgIpc) is 2.83. The maximum absolute atomic E-state index is 5.86. The van der Waals surface area contributed by atoms with Crippen LogP contribution in [-0.2, 0) is 19.6 Å². The Hall–Kier alpha value is -1.81. The molecule has 1 aromatic heterocycles. The lowest BCUT2D eigenvalue weighted by Gasteiger charge is -2.08. The van der Waals surface area contributed by atoms with Crippen LogP contribution in [0.3, 0.4) is 0 Å². The lowest BCUT2D eigenvalue weighted by atomic mass is 10.1. The number of ether oxygens (including phenoxy) is 1. The van der Waals surface area contributed by atoms with E-state index in [1.165, 1.54) is 11.1 Å². The minimum absolute atomic E-state index is 0.498. The van der Waals surface area contributed by atoms with Crippen molar-refractivity contribution in [2.75, 3.05) is 6.54 Å². The van der Waals surface area contributed by atoms with Gasteiger partial charge in [-0.05, 0) is 37.6 Å². The first-order valence-corrected chi connectivity index (χ1v) is 7.19. The Balaban J connectivity index is 2.03. The molecular weight excluding hydrogens is 250 g/mol. The Morgan fingerprint density at radius 3 is 2.90 bits per heavy atom. The molecule has 0 fully saturated rings. The quantitative estimate of drug-likeness (QED) is 0.815. The van der Waals surface area contributed by atoms with Gasteiger partial charge in [0.25, 0.3) is 0 Å². The SMILES string of the molecule is CCNCc1c(COc2cccc(CC)c2)n[nH]c1C. The monoisotopic (exact) mass is 273 g/mol. The minimum Gasteiger partial charge on any atom is -0.487 e. The first kappa shape index (κ1) is 14.6. The molecule has 0 aliphatic rings. The molecule has 20 heavy (non-hydrogen) atoms. The van der Waals surface area contributed by atoms with Gasteiger partial charge in [0.15, 0.2) is 0 Å². The number of rotatable bonds is 7. The summed E-state index contributed by atoms with van der Waals surface area (Å²) in [5.41, 5.74) is 4.57. The standard InChI is InChI=1S/C16H23N3O/c1-4-13-7-6-8-14(9-13)20-11-16-15(10-17-5-2)12(3)18-19-16/h6-9,17H,4-5,10-11H2,1-3H3,(H,18,19). The van der Waals surface area contributed by atoms with E-state index >= 15 is 0 Å². The van der Waals surface area contributed by atoms with E-state index in [4.69, 9.17) is 4.74 Å². The number of hydrogen-bond donors (Lipinski definition) is 2. The van der Waals surface area contributed by atoms with Crippen LogP contribution in [0.25, 0.3) is 0 Å². The fraction of sp³-hybridized carbons (Fsp3) is 0.438. The summed E-state index contributed by atoms with van der Waals surface area (Å²) in [5.74, 6) is 0.902. The number of aromatic amines is 1. The van der Waals surface area contributed by atoms with E-state index in [0.29, 0.717) is 6.61 Å². The number of H-pyrrole nitrogens is 1. The normalized spacial score (nSPS) is 10.8. The van der Waals surface area contributed by atoms with E-state index < -0.39 is 0 Å². The molecule has 0 bridgehead atoms. The largest absolute Gasteiger partial charge is 0.487 e. The van der Waals surface area contributed by atoms with Gasteiger partial charge in [0.2, 0.25) is 0 Å². The van der Waals surface area contributed by atoms with Crippen molar-refractivity contribution in [2.45, 2.75) is 40.3 Å². The van der Waals surface area contributed by atoms with Crippen molar-refractivity contribution < 1.29 is 4.74 Å². The van der Waals surface area contributed by atoms with E-state index in [1.807, 2.05) is 19.1 Å². The van der Waals surface area contributed by atoms with Crippen molar-refractivity contribution in [3.05, 3.63) is 46.8 Å². The van der Waals surface area contributed by atoms with Crippen molar-refractivity contribution in [1.29, 1.82) is 0 Å². The van der Waals surface area contributed by atoms with Gasteiger partial charge in [0.1, 0.15) is 18.1 Å². The molecular formula is C16H23N3O.